The van der Waals surface area contributed by atoms with E-state index in [4.69, 9.17) is 11.6 Å². The summed E-state index contributed by atoms with van der Waals surface area (Å²) < 4.78 is 14.1. The van der Waals surface area contributed by atoms with E-state index in [1.165, 1.54) is 18.5 Å². The van der Waals surface area contributed by atoms with Gasteiger partial charge in [-0.3, -0.25) is 4.79 Å². The number of nitrogens with one attached hydrogen (secondary N) is 1. The zero-order valence-electron chi connectivity index (χ0n) is 19.3. The number of halogens is 2. The van der Waals surface area contributed by atoms with Gasteiger partial charge in [0.15, 0.2) is 0 Å². The lowest BCUT2D eigenvalue weighted by molar-refractivity contribution is -0.133. The predicted octanol–water partition coefficient (Wildman–Crippen LogP) is 3.24. The number of hydrogen-bond donors (Lipinski definition) is 2. The van der Waals surface area contributed by atoms with Gasteiger partial charge in [0.25, 0.3) is 0 Å². The molecule has 1 aliphatic heterocycles. The third-order valence-corrected chi connectivity index (χ3v) is 6.85. The lowest BCUT2D eigenvalue weighted by atomic mass is 9.96. The molecule has 9 heteroatoms. The smallest absolute Gasteiger partial charge is 0.231 e. The highest BCUT2D eigenvalue weighted by molar-refractivity contribution is 6.30. The number of aliphatic hydroxyl groups is 1. The first kappa shape index (κ1) is 23.9. The molecule has 2 heterocycles. The molecule has 2 N–H and O–H groups in total. The quantitative estimate of drug-likeness (QED) is 0.667. The van der Waals surface area contributed by atoms with Gasteiger partial charge in [-0.15, -0.1) is 0 Å². The Kier molecular flexibility index (Phi) is 7.16. The van der Waals surface area contributed by atoms with Crippen LogP contribution in [0.15, 0.2) is 24.5 Å². The fourth-order valence-electron chi connectivity index (χ4n) is 4.74. The largest absolute Gasteiger partial charge is 0.387 e. The highest BCUT2D eigenvalue weighted by atomic mass is 35.5. The molecule has 1 fully saturated rings. The second-order valence-electron chi connectivity index (χ2n) is 9.25. The summed E-state index contributed by atoms with van der Waals surface area (Å²) in [6, 6.07) is 4.79. The number of fused-ring (bicyclic) bond motifs is 1. The van der Waals surface area contributed by atoms with Crippen LogP contribution < -0.4 is 10.2 Å². The fourth-order valence-corrected chi connectivity index (χ4v) is 4.86. The van der Waals surface area contributed by atoms with E-state index in [2.05, 4.69) is 27.1 Å². The van der Waals surface area contributed by atoms with Gasteiger partial charge in [-0.2, -0.15) is 0 Å². The summed E-state index contributed by atoms with van der Waals surface area (Å²) in [6.45, 7) is 8.90. The van der Waals surface area contributed by atoms with Crippen molar-refractivity contribution < 1.29 is 14.3 Å². The molecule has 0 spiro atoms. The molecule has 0 saturated carbocycles. The molecule has 7 nitrogen and oxygen atoms in total. The second kappa shape index (κ2) is 9.91. The maximum absolute atomic E-state index is 14.1. The van der Waals surface area contributed by atoms with Gasteiger partial charge in [0, 0.05) is 44.3 Å². The van der Waals surface area contributed by atoms with Crippen LogP contribution in [0, 0.1) is 5.82 Å². The van der Waals surface area contributed by atoms with E-state index in [1.807, 2.05) is 18.7 Å². The van der Waals surface area contributed by atoms with Crippen molar-refractivity contribution in [3.8, 4) is 0 Å². The third kappa shape index (κ3) is 4.98. The minimum atomic E-state index is -0.548. The molecule has 0 unspecified atom stereocenters. The zero-order chi connectivity index (χ0) is 23.7. The average Bonchev–Trinajstić information content (AvgIpc) is 3.09. The molecule has 1 saturated heterocycles. The lowest BCUT2D eigenvalue weighted by Crippen LogP contribution is -2.51. The van der Waals surface area contributed by atoms with Gasteiger partial charge >= 0.3 is 0 Å². The molecule has 4 rings (SSSR count). The molecule has 0 bridgehead atoms. The highest BCUT2D eigenvalue weighted by Gasteiger charge is 2.35. The molecule has 0 radical (unpaired) electrons. The Bertz CT molecular complexity index is 1010. The number of carbonyl (C=O) groups is 1. The summed E-state index contributed by atoms with van der Waals surface area (Å²) in [5.41, 5.74) is 2.35. The van der Waals surface area contributed by atoms with Crippen molar-refractivity contribution in [2.24, 2.45) is 0 Å². The monoisotopic (exact) mass is 475 g/mol. The Balaban J connectivity index is 1.49. The van der Waals surface area contributed by atoms with Crippen LogP contribution in [0.2, 0.25) is 5.02 Å². The summed E-state index contributed by atoms with van der Waals surface area (Å²) in [5, 5.41) is 13.6. The van der Waals surface area contributed by atoms with Crippen LogP contribution in [-0.2, 0) is 4.79 Å². The number of nitrogens with zero attached hydrogens (tertiary/aromatic N) is 4. The van der Waals surface area contributed by atoms with E-state index in [0.29, 0.717) is 44.7 Å². The van der Waals surface area contributed by atoms with Crippen molar-refractivity contribution in [3.05, 3.63) is 52.2 Å². The summed E-state index contributed by atoms with van der Waals surface area (Å²) in [5.74, 6) is 0.00627. The van der Waals surface area contributed by atoms with Crippen LogP contribution in [0.1, 0.15) is 62.0 Å². The summed E-state index contributed by atoms with van der Waals surface area (Å²) in [4.78, 5) is 26.3. The number of benzene rings is 1. The van der Waals surface area contributed by atoms with Crippen LogP contribution in [0.25, 0.3) is 0 Å². The van der Waals surface area contributed by atoms with E-state index in [1.54, 1.807) is 6.07 Å². The molecule has 3 atom stereocenters. The van der Waals surface area contributed by atoms with E-state index < -0.39 is 17.8 Å². The fraction of sp³-hybridized carbons (Fsp3) is 0.542. The molecule has 1 aliphatic carbocycles. The number of aromatic nitrogens is 2. The maximum Gasteiger partial charge on any atom is 0.231 e. The zero-order valence-corrected chi connectivity index (χ0v) is 20.0. The first-order valence-corrected chi connectivity index (χ1v) is 11.9. The number of piperazine rings is 1. The molecule has 178 valence electrons. The number of amides is 1. The van der Waals surface area contributed by atoms with Crippen LogP contribution in [0.4, 0.5) is 10.2 Å². The molecule has 1 aromatic heterocycles. The topological polar surface area (TPSA) is 81.6 Å². The van der Waals surface area contributed by atoms with E-state index >= 15 is 0 Å². The average molecular weight is 476 g/mol. The second-order valence-corrected chi connectivity index (χ2v) is 9.66. The van der Waals surface area contributed by atoms with Gasteiger partial charge in [0.2, 0.25) is 5.91 Å². The first-order valence-electron chi connectivity index (χ1n) is 11.5. The van der Waals surface area contributed by atoms with Crippen molar-refractivity contribution in [3.63, 3.8) is 0 Å². The minimum Gasteiger partial charge on any atom is -0.387 e. The minimum absolute atomic E-state index is 0.0266. The van der Waals surface area contributed by atoms with Crippen LogP contribution >= 0.6 is 11.6 Å². The standard InChI is InChI=1S/C24H31ClFN5O2/c1-14(2)27-12-17(16-4-5-18(25)19(26)11-16)24(33)31-8-6-30(7-9-31)23-21-15(3)10-20(32)22(21)28-13-29-23/h4-5,11,13-15,17,20,27,32H,6-10,12H2,1-3H3/t15-,17-,20+/m1/s1. The first-order chi connectivity index (χ1) is 15.8. The van der Waals surface area contributed by atoms with E-state index in [9.17, 15) is 14.3 Å². The van der Waals surface area contributed by atoms with Crippen molar-refractivity contribution in [1.29, 1.82) is 0 Å². The van der Waals surface area contributed by atoms with Gasteiger partial charge in [-0.1, -0.05) is 38.4 Å². The molecule has 1 aromatic carbocycles. The number of carbonyl (C=O) groups excluding carboxylic acids is 1. The van der Waals surface area contributed by atoms with Crippen LogP contribution in [0.5, 0.6) is 0 Å². The third-order valence-electron chi connectivity index (χ3n) is 6.54. The predicted molar refractivity (Wildman–Crippen MR) is 126 cm³/mol. The van der Waals surface area contributed by atoms with Crippen molar-refractivity contribution in [2.45, 2.75) is 51.2 Å². The maximum atomic E-state index is 14.1. The number of rotatable bonds is 6. The van der Waals surface area contributed by atoms with Gasteiger partial charge < -0.3 is 20.2 Å². The van der Waals surface area contributed by atoms with Crippen molar-refractivity contribution >= 4 is 23.3 Å². The summed E-state index contributed by atoms with van der Waals surface area (Å²) in [6.07, 6.45) is 1.62. The summed E-state index contributed by atoms with van der Waals surface area (Å²) in [7, 11) is 0. The van der Waals surface area contributed by atoms with E-state index in [-0.39, 0.29) is 22.9 Å². The van der Waals surface area contributed by atoms with Crippen LogP contribution in [0.3, 0.4) is 0 Å². The van der Waals surface area contributed by atoms with Crippen LogP contribution in [-0.4, -0.2) is 64.6 Å². The number of hydrogen-bond acceptors (Lipinski definition) is 6. The van der Waals surface area contributed by atoms with Gasteiger partial charge in [-0.25, -0.2) is 14.4 Å². The SMILES string of the molecule is CC(C)NC[C@@H](C(=O)N1CCN(c2ncnc3c2[C@H](C)C[C@@H]3O)CC1)c1ccc(Cl)c(F)c1. The number of anilines is 1. The molecular weight excluding hydrogens is 445 g/mol. The van der Waals surface area contributed by atoms with Crippen molar-refractivity contribution in [1.82, 2.24) is 20.2 Å². The van der Waals surface area contributed by atoms with E-state index in [0.717, 1.165) is 17.1 Å². The molecule has 2 aliphatic rings. The number of aliphatic hydroxyl groups excluding tert-OH is 1. The van der Waals surface area contributed by atoms with Crippen molar-refractivity contribution in [2.75, 3.05) is 37.6 Å². The molecular formula is C24H31ClFN5O2. The Labute approximate surface area is 199 Å². The molecule has 1 amide bonds. The summed E-state index contributed by atoms with van der Waals surface area (Å²) >= 11 is 5.86. The van der Waals surface area contributed by atoms with Gasteiger partial charge in [-0.05, 0) is 30.0 Å². The Hall–Kier alpha value is -2.29. The molecule has 33 heavy (non-hydrogen) atoms. The van der Waals surface area contributed by atoms with Gasteiger partial charge in [0.05, 0.1) is 22.7 Å². The Morgan fingerprint density at radius 1 is 1.27 bits per heavy atom. The van der Waals surface area contributed by atoms with Gasteiger partial charge in [0.1, 0.15) is 18.0 Å². The normalized spacial score (nSPS) is 21.4. The Morgan fingerprint density at radius 3 is 2.67 bits per heavy atom. The molecule has 2 aromatic rings. The Morgan fingerprint density at radius 2 is 2.00 bits per heavy atom. The highest BCUT2D eigenvalue weighted by Crippen LogP contribution is 2.42. The lowest BCUT2D eigenvalue weighted by Gasteiger charge is -2.38.